The predicted octanol–water partition coefficient (Wildman–Crippen LogP) is 1.61. The molecule has 0 fully saturated rings. The fourth-order valence-electron chi connectivity index (χ4n) is 2.05. The van der Waals surface area contributed by atoms with E-state index in [1.165, 1.54) is 6.33 Å². The lowest BCUT2D eigenvalue weighted by Gasteiger charge is -2.21. The van der Waals surface area contributed by atoms with Crippen molar-refractivity contribution in [3.05, 3.63) is 36.0 Å². The number of nitrogens with zero attached hydrogens (tertiary/aromatic N) is 4. The Morgan fingerprint density at radius 2 is 2.24 bits per heavy atom. The second-order valence-corrected chi connectivity index (χ2v) is 4.24. The second kappa shape index (κ2) is 3.56. The summed E-state index contributed by atoms with van der Waals surface area (Å²) in [6.45, 7) is 0. The first-order valence-electron chi connectivity index (χ1n) is 5.09. The third kappa shape index (κ3) is 1.43. The molecule has 6 heteroatoms. The topological polar surface area (TPSA) is 51.0 Å². The Morgan fingerprint density at radius 3 is 2.94 bits per heavy atom. The van der Waals surface area contributed by atoms with Crippen LogP contribution in [0.4, 0.5) is 0 Å². The summed E-state index contributed by atoms with van der Waals surface area (Å²) < 4.78 is 1.79. The van der Waals surface area contributed by atoms with Crippen LogP contribution in [0.5, 0.6) is 0 Å². The van der Waals surface area contributed by atoms with E-state index in [1.54, 1.807) is 23.0 Å². The lowest BCUT2D eigenvalue weighted by molar-refractivity contribution is -0.119. The molecule has 0 bridgehead atoms. The standard InChI is InChI=1S/C11H9ClN4O/c1-15-4-3-8(17)11(15)16-5-2-7-9(16)10(12)14-6-13-7/h2-6,11H,1H3. The average Bonchev–Trinajstić information content (AvgIpc) is 2.84. The van der Waals surface area contributed by atoms with Gasteiger partial charge in [0.1, 0.15) is 11.8 Å². The van der Waals surface area contributed by atoms with Crippen LogP contribution in [0.2, 0.25) is 5.15 Å². The van der Waals surface area contributed by atoms with Crippen molar-refractivity contribution in [3.63, 3.8) is 0 Å². The molecule has 1 atom stereocenters. The summed E-state index contributed by atoms with van der Waals surface area (Å²) in [6.07, 6.45) is 6.12. The molecule has 1 aliphatic heterocycles. The molecule has 0 N–H and O–H groups in total. The third-order valence-corrected chi connectivity index (χ3v) is 3.11. The van der Waals surface area contributed by atoms with Gasteiger partial charge in [0.05, 0.1) is 5.52 Å². The Labute approximate surface area is 102 Å². The van der Waals surface area contributed by atoms with Crippen LogP contribution in [0, 0.1) is 0 Å². The maximum Gasteiger partial charge on any atom is 0.200 e. The summed E-state index contributed by atoms with van der Waals surface area (Å²) in [4.78, 5) is 21.7. The molecule has 0 saturated heterocycles. The van der Waals surface area contributed by atoms with Gasteiger partial charge in [-0.05, 0) is 6.07 Å². The number of hydrogen-bond donors (Lipinski definition) is 0. The van der Waals surface area contributed by atoms with E-state index in [-0.39, 0.29) is 5.78 Å². The Bertz CT molecular complexity index is 633. The number of fused-ring (bicyclic) bond motifs is 1. The molecule has 2 aromatic rings. The molecule has 1 aliphatic rings. The van der Waals surface area contributed by atoms with Gasteiger partial charge in [-0.15, -0.1) is 0 Å². The number of likely N-dealkylation sites (N-methyl/N-ethyl adjacent to an activating group) is 1. The van der Waals surface area contributed by atoms with Crippen LogP contribution in [0.3, 0.4) is 0 Å². The van der Waals surface area contributed by atoms with Gasteiger partial charge in [0, 0.05) is 25.5 Å². The molecule has 0 saturated carbocycles. The highest BCUT2D eigenvalue weighted by Crippen LogP contribution is 2.28. The molecule has 2 aromatic heterocycles. The summed E-state index contributed by atoms with van der Waals surface area (Å²) >= 11 is 6.06. The Kier molecular flexibility index (Phi) is 2.16. The van der Waals surface area contributed by atoms with Gasteiger partial charge in [-0.2, -0.15) is 0 Å². The molecule has 3 rings (SSSR count). The molecule has 0 aliphatic carbocycles. The molecule has 86 valence electrons. The van der Waals surface area contributed by atoms with Crippen LogP contribution in [-0.2, 0) is 4.79 Å². The van der Waals surface area contributed by atoms with Crippen molar-refractivity contribution in [2.75, 3.05) is 7.05 Å². The monoisotopic (exact) mass is 248 g/mol. The summed E-state index contributed by atoms with van der Waals surface area (Å²) in [5, 5.41) is 0.355. The van der Waals surface area contributed by atoms with E-state index < -0.39 is 6.17 Å². The van der Waals surface area contributed by atoms with Crippen molar-refractivity contribution in [1.82, 2.24) is 19.4 Å². The number of rotatable bonds is 1. The number of aromatic nitrogens is 3. The smallest absolute Gasteiger partial charge is 0.200 e. The van der Waals surface area contributed by atoms with Gasteiger partial charge < -0.3 is 9.47 Å². The molecule has 17 heavy (non-hydrogen) atoms. The fraction of sp³-hybridized carbons (Fsp3) is 0.182. The minimum absolute atomic E-state index is 0.0184. The first kappa shape index (κ1) is 10.3. The molecular formula is C11H9ClN4O. The van der Waals surface area contributed by atoms with Crippen molar-refractivity contribution in [2.45, 2.75) is 6.17 Å². The van der Waals surface area contributed by atoms with Crippen LogP contribution >= 0.6 is 11.6 Å². The van der Waals surface area contributed by atoms with Gasteiger partial charge in [-0.3, -0.25) is 4.79 Å². The van der Waals surface area contributed by atoms with Crippen molar-refractivity contribution in [1.29, 1.82) is 0 Å². The van der Waals surface area contributed by atoms with Crippen LogP contribution in [0.15, 0.2) is 30.9 Å². The van der Waals surface area contributed by atoms with Gasteiger partial charge >= 0.3 is 0 Å². The van der Waals surface area contributed by atoms with Crippen molar-refractivity contribution in [3.8, 4) is 0 Å². The molecule has 5 nitrogen and oxygen atoms in total. The normalized spacial score (nSPS) is 19.5. The zero-order valence-corrected chi connectivity index (χ0v) is 9.80. The van der Waals surface area contributed by atoms with E-state index >= 15 is 0 Å². The minimum Gasteiger partial charge on any atom is -0.354 e. The first-order chi connectivity index (χ1) is 8.18. The largest absolute Gasteiger partial charge is 0.354 e. The number of hydrogen-bond acceptors (Lipinski definition) is 4. The molecule has 0 aromatic carbocycles. The Hall–Kier alpha value is -1.88. The zero-order valence-electron chi connectivity index (χ0n) is 9.04. The lowest BCUT2D eigenvalue weighted by Crippen LogP contribution is -2.25. The minimum atomic E-state index is -0.393. The van der Waals surface area contributed by atoms with Gasteiger partial charge in [-0.1, -0.05) is 11.6 Å². The van der Waals surface area contributed by atoms with Crippen LogP contribution in [-0.4, -0.2) is 32.3 Å². The van der Waals surface area contributed by atoms with E-state index in [0.29, 0.717) is 10.7 Å². The van der Waals surface area contributed by atoms with E-state index in [1.807, 2.05) is 18.0 Å². The molecule has 0 amide bonds. The number of ketones is 1. The summed E-state index contributed by atoms with van der Waals surface area (Å²) in [7, 11) is 1.84. The van der Waals surface area contributed by atoms with Crippen molar-refractivity contribution in [2.24, 2.45) is 0 Å². The van der Waals surface area contributed by atoms with Gasteiger partial charge in [0.2, 0.25) is 0 Å². The third-order valence-electron chi connectivity index (χ3n) is 2.83. The van der Waals surface area contributed by atoms with E-state index in [9.17, 15) is 4.79 Å². The lowest BCUT2D eigenvalue weighted by atomic mass is 10.3. The van der Waals surface area contributed by atoms with Crippen molar-refractivity contribution >= 4 is 28.4 Å². The van der Waals surface area contributed by atoms with Crippen LogP contribution < -0.4 is 0 Å². The quantitative estimate of drug-likeness (QED) is 0.720. The fourth-order valence-corrected chi connectivity index (χ4v) is 2.29. The maximum atomic E-state index is 11.8. The molecule has 3 heterocycles. The Morgan fingerprint density at radius 1 is 1.41 bits per heavy atom. The van der Waals surface area contributed by atoms with E-state index in [2.05, 4.69) is 9.97 Å². The zero-order chi connectivity index (χ0) is 12.0. The average molecular weight is 249 g/mol. The predicted molar refractivity (Wildman–Crippen MR) is 63.5 cm³/mol. The van der Waals surface area contributed by atoms with Crippen LogP contribution in [0.25, 0.3) is 11.0 Å². The van der Waals surface area contributed by atoms with Gasteiger partial charge in [0.25, 0.3) is 0 Å². The number of carbonyl (C=O) groups is 1. The highest BCUT2D eigenvalue weighted by atomic mass is 35.5. The summed E-state index contributed by atoms with van der Waals surface area (Å²) in [5.41, 5.74) is 1.42. The first-order valence-corrected chi connectivity index (χ1v) is 5.47. The van der Waals surface area contributed by atoms with Gasteiger partial charge in [0.15, 0.2) is 17.1 Å². The molecule has 0 spiro atoms. The highest BCUT2D eigenvalue weighted by Gasteiger charge is 2.27. The van der Waals surface area contributed by atoms with Gasteiger partial charge in [-0.25, -0.2) is 9.97 Å². The van der Waals surface area contributed by atoms with E-state index in [0.717, 1.165) is 5.52 Å². The Balaban J connectivity index is 2.22. The second-order valence-electron chi connectivity index (χ2n) is 3.88. The number of halogens is 1. The van der Waals surface area contributed by atoms with Crippen molar-refractivity contribution < 1.29 is 4.79 Å². The van der Waals surface area contributed by atoms with E-state index in [4.69, 9.17) is 11.6 Å². The summed E-state index contributed by atoms with van der Waals surface area (Å²) in [6, 6.07) is 1.82. The molecule has 0 radical (unpaired) electrons. The highest BCUT2D eigenvalue weighted by molar-refractivity contribution is 6.33. The maximum absolute atomic E-state index is 11.8. The molecule has 1 unspecified atom stereocenters. The summed E-state index contributed by atoms with van der Waals surface area (Å²) in [5.74, 6) is 0.0184. The van der Waals surface area contributed by atoms with Crippen LogP contribution in [0.1, 0.15) is 6.17 Å². The number of carbonyl (C=O) groups excluding carboxylic acids is 1. The molecular weight excluding hydrogens is 240 g/mol. The SMILES string of the molecule is CN1C=CC(=O)C1n1ccc2ncnc(Cl)c21.